The van der Waals surface area contributed by atoms with Crippen LogP contribution in [0.3, 0.4) is 0 Å². The molecule has 1 amide bonds. The van der Waals surface area contributed by atoms with Gasteiger partial charge < -0.3 is 10.3 Å². The van der Waals surface area contributed by atoms with E-state index in [1.54, 1.807) is 36.0 Å². The first-order valence-corrected chi connectivity index (χ1v) is 7.79. The van der Waals surface area contributed by atoms with Crippen molar-refractivity contribution < 1.29 is 4.79 Å². The van der Waals surface area contributed by atoms with Gasteiger partial charge in [0.2, 0.25) is 0 Å². The van der Waals surface area contributed by atoms with Crippen LogP contribution in [0.25, 0.3) is 11.5 Å². The molecule has 0 radical (unpaired) electrons. The number of aromatic nitrogens is 6. The molecule has 3 aromatic heterocycles. The second-order valence-electron chi connectivity index (χ2n) is 5.32. The number of rotatable bonds is 5. The van der Waals surface area contributed by atoms with Crippen molar-refractivity contribution in [2.45, 2.75) is 26.4 Å². The zero-order valence-corrected chi connectivity index (χ0v) is 13.8. The van der Waals surface area contributed by atoms with Crippen molar-refractivity contribution in [3.8, 4) is 11.5 Å². The Labute approximate surface area is 143 Å². The van der Waals surface area contributed by atoms with Gasteiger partial charge in [0.1, 0.15) is 23.4 Å². The lowest BCUT2D eigenvalue weighted by Crippen LogP contribution is -2.33. The molecular weight excluding hydrogens is 322 g/mol. The molecule has 0 saturated carbocycles. The molecule has 0 aliphatic carbocycles. The van der Waals surface area contributed by atoms with Crippen molar-refractivity contribution >= 4 is 5.91 Å². The first-order valence-electron chi connectivity index (χ1n) is 7.79. The highest BCUT2D eigenvalue weighted by Gasteiger charge is 2.19. The van der Waals surface area contributed by atoms with Crippen LogP contribution in [-0.2, 0) is 6.54 Å². The van der Waals surface area contributed by atoms with Gasteiger partial charge >= 0.3 is 0 Å². The normalized spacial score (nSPS) is 11.9. The number of hydrogen-bond acceptors (Lipinski definition) is 6. The summed E-state index contributed by atoms with van der Waals surface area (Å²) in [5, 5.41) is 6.80. The molecule has 9 heteroatoms. The summed E-state index contributed by atoms with van der Waals surface area (Å²) in [5.41, 5.74) is -0.0811. The maximum absolute atomic E-state index is 12.4. The fraction of sp³-hybridized carbons (Fsp3) is 0.250. The van der Waals surface area contributed by atoms with Crippen molar-refractivity contribution in [3.05, 3.63) is 58.7 Å². The lowest BCUT2D eigenvalue weighted by atomic mass is 10.2. The van der Waals surface area contributed by atoms with E-state index in [0.29, 0.717) is 23.9 Å². The highest BCUT2D eigenvalue weighted by molar-refractivity contribution is 5.93. The van der Waals surface area contributed by atoms with Crippen molar-refractivity contribution in [3.63, 3.8) is 0 Å². The molecule has 0 unspecified atom stereocenters. The van der Waals surface area contributed by atoms with Crippen molar-refractivity contribution in [1.29, 1.82) is 0 Å². The van der Waals surface area contributed by atoms with Gasteiger partial charge in [0.15, 0.2) is 5.82 Å². The molecule has 3 rings (SSSR count). The van der Waals surface area contributed by atoms with Crippen LogP contribution < -0.4 is 10.9 Å². The summed E-state index contributed by atoms with van der Waals surface area (Å²) in [6, 6.07) is 4.87. The Bertz CT molecular complexity index is 933. The lowest BCUT2D eigenvalue weighted by Gasteiger charge is -2.13. The maximum atomic E-state index is 12.4. The van der Waals surface area contributed by atoms with Crippen LogP contribution in [0.4, 0.5) is 0 Å². The van der Waals surface area contributed by atoms with E-state index in [9.17, 15) is 9.59 Å². The summed E-state index contributed by atoms with van der Waals surface area (Å²) in [4.78, 5) is 39.6. The molecule has 0 aliphatic rings. The minimum atomic E-state index is -0.530. The van der Waals surface area contributed by atoms with Crippen molar-refractivity contribution in [2.24, 2.45) is 0 Å². The third kappa shape index (κ3) is 3.44. The van der Waals surface area contributed by atoms with Gasteiger partial charge in [-0.2, -0.15) is 5.10 Å². The fourth-order valence-electron chi connectivity index (χ4n) is 2.38. The van der Waals surface area contributed by atoms with Gasteiger partial charge in [-0.3, -0.25) is 14.6 Å². The number of pyridine rings is 1. The van der Waals surface area contributed by atoms with Gasteiger partial charge in [-0.15, -0.1) is 0 Å². The zero-order chi connectivity index (χ0) is 17.8. The van der Waals surface area contributed by atoms with E-state index in [1.165, 1.54) is 12.5 Å². The van der Waals surface area contributed by atoms with Crippen LogP contribution in [0.15, 0.2) is 41.7 Å². The third-order valence-corrected chi connectivity index (χ3v) is 3.63. The Morgan fingerprint density at radius 2 is 2.16 bits per heavy atom. The Morgan fingerprint density at radius 1 is 1.32 bits per heavy atom. The summed E-state index contributed by atoms with van der Waals surface area (Å²) >= 11 is 0. The number of aromatic amines is 1. The number of carbonyl (C=O) groups excluding carboxylic acids is 1. The van der Waals surface area contributed by atoms with Crippen LogP contribution >= 0.6 is 0 Å². The topological polar surface area (TPSA) is 118 Å². The van der Waals surface area contributed by atoms with E-state index in [1.807, 2.05) is 6.92 Å². The molecule has 0 fully saturated rings. The summed E-state index contributed by atoms with van der Waals surface area (Å²) in [5.74, 6) is 0.394. The zero-order valence-electron chi connectivity index (χ0n) is 13.8. The van der Waals surface area contributed by atoms with Gasteiger partial charge in [-0.25, -0.2) is 14.6 Å². The standard InChI is InChI=1S/C16H17N7O2/c1-3-23-14(19-9-20-23)10(2)21-15(24)11-8-18-13(22-16(11)25)12-6-4-5-7-17-12/h4-10H,3H2,1-2H3,(H,21,24)(H,18,22,25)/t10-/m0/s1. The first kappa shape index (κ1) is 16.5. The van der Waals surface area contributed by atoms with Gasteiger partial charge in [0, 0.05) is 18.9 Å². The molecule has 1 atom stereocenters. The van der Waals surface area contributed by atoms with Gasteiger partial charge in [0.05, 0.1) is 6.04 Å². The average molecular weight is 339 g/mol. The van der Waals surface area contributed by atoms with Crippen LogP contribution in [0.5, 0.6) is 0 Å². The highest BCUT2D eigenvalue weighted by atomic mass is 16.2. The van der Waals surface area contributed by atoms with Crippen molar-refractivity contribution in [1.82, 2.24) is 35.0 Å². The molecule has 25 heavy (non-hydrogen) atoms. The number of nitrogens with zero attached hydrogens (tertiary/aromatic N) is 5. The van der Waals surface area contributed by atoms with E-state index in [-0.39, 0.29) is 5.56 Å². The van der Waals surface area contributed by atoms with Crippen LogP contribution in [0.1, 0.15) is 36.1 Å². The molecular formula is C16H17N7O2. The van der Waals surface area contributed by atoms with E-state index >= 15 is 0 Å². The van der Waals surface area contributed by atoms with Crippen LogP contribution in [-0.4, -0.2) is 35.6 Å². The van der Waals surface area contributed by atoms with E-state index in [4.69, 9.17) is 0 Å². The molecule has 0 spiro atoms. The molecule has 0 aliphatic heterocycles. The predicted molar refractivity (Wildman–Crippen MR) is 89.7 cm³/mol. The molecule has 0 bridgehead atoms. The fourth-order valence-corrected chi connectivity index (χ4v) is 2.38. The average Bonchev–Trinajstić information content (AvgIpc) is 3.11. The molecule has 0 saturated heterocycles. The minimum absolute atomic E-state index is 0.0749. The second-order valence-corrected chi connectivity index (χ2v) is 5.32. The first-order chi connectivity index (χ1) is 12.1. The van der Waals surface area contributed by atoms with Gasteiger partial charge in [-0.05, 0) is 26.0 Å². The molecule has 3 aromatic rings. The Balaban J connectivity index is 1.80. The van der Waals surface area contributed by atoms with E-state index in [0.717, 1.165) is 0 Å². The monoisotopic (exact) mass is 339 g/mol. The highest BCUT2D eigenvalue weighted by Crippen LogP contribution is 2.10. The Hall–Kier alpha value is -3.36. The second kappa shape index (κ2) is 7.04. The summed E-state index contributed by atoms with van der Waals surface area (Å²) < 4.78 is 1.68. The SMILES string of the molecule is CCn1ncnc1[C@H](C)NC(=O)c1cnc(-c2ccccn2)[nH]c1=O. The van der Waals surface area contributed by atoms with Crippen molar-refractivity contribution in [2.75, 3.05) is 0 Å². The molecule has 9 nitrogen and oxygen atoms in total. The number of carbonyl (C=O) groups is 1. The van der Waals surface area contributed by atoms with E-state index in [2.05, 4.69) is 30.4 Å². The number of aryl methyl sites for hydroxylation is 1. The summed E-state index contributed by atoms with van der Waals surface area (Å²) in [7, 11) is 0. The number of hydrogen-bond donors (Lipinski definition) is 2. The molecule has 3 heterocycles. The van der Waals surface area contributed by atoms with Crippen LogP contribution in [0.2, 0.25) is 0 Å². The van der Waals surface area contributed by atoms with Crippen LogP contribution in [0, 0.1) is 0 Å². The minimum Gasteiger partial charge on any atom is -0.342 e. The largest absolute Gasteiger partial charge is 0.342 e. The number of H-pyrrole nitrogens is 1. The lowest BCUT2D eigenvalue weighted by molar-refractivity contribution is 0.0935. The Kier molecular flexibility index (Phi) is 4.64. The quantitative estimate of drug-likeness (QED) is 0.714. The summed E-state index contributed by atoms with van der Waals surface area (Å²) in [6.07, 6.45) is 4.27. The molecule has 128 valence electrons. The number of amides is 1. The number of nitrogens with one attached hydrogen (secondary N) is 2. The smallest absolute Gasteiger partial charge is 0.264 e. The Morgan fingerprint density at radius 3 is 2.84 bits per heavy atom. The maximum Gasteiger partial charge on any atom is 0.264 e. The van der Waals surface area contributed by atoms with Gasteiger partial charge in [0.25, 0.3) is 11.5 Å². The van der Waals surface area contributed by atoms with E-state index < -0.39 is 17.5 Å². The molecule has 0 aromatic carbocycles. The third-order valence-electron chi connectivity index (χ3n) is 3.63. The molecule has 2 N–H and O–H groups in total. The predicted octanol–water partition coefficient (Wildman–Crippen LogP) is 0.934. The van der Waals surface area contributed by atoms with Gasteiger partial charge in [-0.1, -0.05) is 6.07 Å². The summed E-state index contributed by atoms with van der Waals surface area (Å²) in [6.45, 7) is 4.34.